The van der Waals surface area contributed by atoms with E-state index in [9.17, 15) is 0 Å². The van der Waals surface area contributed by atoms with Crippen LogP contribution in [-0.4, -0.2) is 4.93 Å². The summed E-state index contributed by atoms with van der Waals surface area (Å²) >= 11 is 0.0738. The van der Waals surface area contributed by atoms with Crippen molar-refractivity contribution in [3.8, 4) is 0 Å². The van der Waals surface area contributed by atoms with Crippen LogP contribution in [0.15, 0.2) is 36.0 Å². The number of halogens is 1. The van der Waals surface area contributed by atoms with Crippen molar-refractivity contribution in [3.05, 3.63) is 41.6 Å². The number of fused-ring (bicyclic) bond motifs is 1. The van der Waals surface area contributed by atoms with Crippen molar-refractivity contribution < 1.29 is 21.5 Å². The average molecular weight is 314 g/mol. The first-order chi connectivity index (χ1) is 7.12. The quantitative estimate of drug-likeness (QED) is 0.410. The Hall–Kier alpha value is -0.510. The number of hydrogen-bond acceptors (Lipinski definition) is 1. The van der Waals surface area contributed by atoms with Gasteiger partial charge >= 0.3 is 103 Å². The molecule has 1 aromatic carbocycles. The van der Waals surface area contributed by atoms with Gasteiger partial charge in [0.2, 0.25) is 0 Å². The minimum atomic E-state index is 0.0738. The van der Waals surface area contributed by atoms with Crippen LogP contribution >= 0.6 is 0 Å². The molecule has 1 aliphatic rings. The molecule has 0 fully saturated rings. The van der Waals surface area contributed by atoms with Crippen LogP contribution in [0.25, 0.3) is 0 Å². The zero-order valence-corrected chi connectivity index (χ0v) is 11.9. The average Bonchev–Trinajstić information content (AvgIpc) is 2.46. The predicted molar refractivity (Wildman–Crippen MR) is 61.6 cm³/mol. The molecule has 0 unspecified atom stereocenters. The van der Waals surface area contributed by atoms with Crippen LogP contribution in [0.2, 0.25) is 0 Å². The van der Waals surface area contributed by atoms with E-state index in [2.05, 4.69) is 59.2 Å². The Labute approximate surface area is 103 Å². The number of rotatable bonds is 1. The third kappa shape index (κ3) is 1.50. The molecule has 1 aliphatic heterocycles. The normalized spacial score (nSPS) is 21.1. The van der Waals surface area contributed by atoms with Crippen molar-refractivity contribution in [2.75, 3.05) is 8.04 Å². The topological polar surface area (TPSA) is 3.24 Å². The molecule has 1 aromatic rings. The predicted octanol–water partition coefficient (Wildman–Crippen LogP) is 0.322. The molecule has 0 aromatic heterocycles. The molecule has 82 valence electrons. The zero-order chi connectivity index (χ0) is 11.1. The van der Waals surface area contributed by atoms with Crippen molar-refractivity contribution in [1.29, 1.82) is 0 Å². The van der Waals surface area contributed by atoms with Gasteiger partial charge in [-0.25, -0.2) is 0 Å². The summed E-state index contributed by atoms with van der Waals surface area (Å²) in [6.07, 6.45) is 2.27. The fraction of sp³-hybridized carbons (Fsp3) is 0.385. The molecule has 15 heavy (non-hydrogen) atoms. The zero-order valence-electron chi connectivity index (χ0n) is 9.71. The van der Waals surface area contributed by atoms with E-state index in [-0.39, 0.29) is 26.9 Å². The number of allylic oxidation sites excluding steroid dienone is 2. The first-order valence-corrected chi connectivity index (χ1v) is 8.31. The molecule has 1 heterocycles. The summed E-state index contributed by atoms with van der Waals surface area (Å²) in [5.41, 5.74) is 4.55. The molecule has 0 saturated heterocycles. The van der Waals surface area contributed by atoms with Crippen LogP contribution in [-0.2, 0) is 5.41 Å². The van der Waals surface area contributed by atoms with E-state index < -0.39 is 0 Å². The molecule has 0 amide bonds. The molecule has 1 nitrogen and oxygen atoms in total. The van der Waals surface area contributed by atoms with Gasteiger partial charge in [-0.2, -0.15) is 0 Å². The Bertz CT molecular complexity index is 407. The van der Waals surface area contributed by atoms with Gasteiger partial charge in [0.15, 0.2) is 0 Å². The van der Waals surface area contributed by atoms with E-state index in [0.29, 0.717) is 0 Å². The van der Waals surface area contributed by atoms with Crippen LogP contribution in [0.4, 0.5) is 5.69 Å². The first-order valence-electron chi connectivity index (χ1n) is 5.19. The van der Waals surface area contributed by atoms with E-state index >= 15 is 0 Å². The summed E-state index contributed by atoms with van der Waals surface area (Å²) in [5.74, 6) is 0. The van der Waals surface area contributed by atoms with Gasteiger partial charge in [0.1, 0.15) is 0 Å². The van der Waals surface area contributed by atoms with Gasteiger partial charge in [-0.3, -0.25) is 0 Å². The van der Waals surface area contributed by atoms with Crippen molar-refractivity contribution >= 4 is 5.69 Å². The summed E-state index contributed by atoms with van der Waals surface area (Å²) in [6.45, 7) is 6.79. The molecule has 2 heteroatoms. The monoisotopic (exact) mass is 314 g/mol. The molecule has 0 bridgehead atoms. The molecule has 0 N–H and O–H groups in total. The molecular formula is C13H17IN-. The van der Waals surface area contributed by atoms with E-state index in [1.54, 1.807) is 0 Å². The molecular weight excluding hydrogens is 297 g/mol. The maximum absolute atomic E-state index is 2.52. The van der Waals surface area contributed by atoms with Crippen molar-refractivity contribution in [2.45, 2.75) is 26.2 Å². The van der Waals surface area contributed by atoms with Gasteiger partial charge in [0.25, 0.3) is 0 Å². The third-order valence-corrected chi connectivity index (χ3v) is 5.09. The summed E-state index contributed by atoms with van der Waals surface area (Å²) in [7, 11) is 0. The number of para-hydroxylation sites is 1. The van der Waals surface area contributed by atoms with Crippen molar-refractivity contribution in [3.63, 3.8) is 0 Å². The SMILES string of the molecule is C/C=C1\N([I-]C)c2ccccc2C1(C)C. The Balaban J connectivity index is 2.65. The minimum absolute atomic E-state index is 0.0738. The number of alkyl halides is 1. The third-order valence-electron chi connectivity index (χ3n) is 3.08. The second-order valence-electron chi connectivity index (χ2n) is 4.27. The first kappa shape index (κ1) is 11.0. The molecule has 0 atom stereocenters. The fourth-order valence-corrected chi connectivity index (χ4v) is 4.68. The number of benzene rings is 1. The van der Waals surface area contributed by atoms with Crippen LogP contribution in [0.1, 0.15) is 26.3 Å². The molecule has 0 spiro atoms. The number of anilines is 1. The Morgan fingerprint density at radius 2 is 1.93 bits per heavy atom. The van der Waals surface area contributed by atoms with Gasteiger partial charge < -0.3 is 0 Å². The second-order valence-corrected chi connectivity index (χ2v) is 6.20. The summed E-state index contributed by atoms with van der Waals surface area (Å²) in [6, 6.07) is 8.79. The standard InChI is InChI=1S/C13H17IN/c1-5-12-13(2,3)10-8-6-7-9-11(10)15(12)14-4/h5-9H,1-4H3/q-1/b12-5-. The van der Waals surface area contributed by atoms with Gasteiger partial charge in [0.05, 0.1) is 0 Å². The Morgan fingerprint density at radius 3 is 2.53 bits per heavy atom. The fourth-order valence-electron chi connectivity index (χ4n) is 2.34. The van der Waals surface area contributed by atoms with E-state index in [4.69, 9.17) is 0 Å². The van der Waals surface area contributed by atoms with Crippen LogP contribution in [0.5, 0.6) is 0 Å². The van der Waals surface area contributed by atoms with E-state index in [1.165, 1.54) is 16.9 Å². The van der Waals surface area contributed by atoms with Crippen LogP contribution in [0.3, 0.4) is 0 Å². The van der Waals surface area contributed by atoms with Gasteiger partial charge in [-0.15, -0.1) is 0 Å². The van der Waals surface area contributed by atoms with Crippen LogP contribution < -0.4 is 24.6 Å². The van der Waals surface area contributed by atoms with Crippen LogP contribution in [0, 0.1) is 0 Å². The summed E-state index contributed by atoms with van der Waals surface area (Å²) in [5, 5.41) is 0. The van der Waals surface area contributed by atoms with Gasteiger partial charge in [-0.05, 0) is 0 Å². The molecule has 2 rings (SSSR count). The summed E-state index contributed by atoms with van der Waals surface area (Å²) in [4.78, 5) is 2.32. The van der Waals surface area contributed by atoms with Gasteiger partial charge in [-0.1, -0.05) is 0 Å². The second kappa shape index (κ2) is 3.81. The molecule has 0 aliphatic carbocycles. The van der Waals surface area contributed by atoms with Crippen molar-refractivity contribution in [1.82, 2.24) is 0 Å². The van der Waals surface area contributed by atoms with E-state index in [1.807, 2.05) is 0 Å². The maximum atomic E-state index is 2.52. The molecule has 0 saturated carbocycles. The number of nitrogens with zero attached hydrogens (tertiary/aromatic N) is 1. The number of hydrogen-bond donors (Lipinski definition) is 0. The Morgan fingerprint density at radius 1 is 1.27 bits per heavy atom. The summed E-state index contributed by atoms with van der Waals surface area (Å²) < 4.78 is 2.52. The van der Waals surface area contributed by atoms with E-state index in [0.717, 1.165) is 0 Å². The van der Waals surface area contributed by atoms with Gasteiger partial charge in [0, 0.05) is 0 Å². The molecule has 0 radical (unpaired) electrons. The Kier molecular flexibility index (Phi) is 2.79. The van der Waals surface area contributed by atoms with Crippen molar-refractivity contribution in [2.24, 2.45) is 0 Å².